The average Bonchev–Trinajstić information content (AvgIpc) is 2.85. The van der Waals surface area contributed by atoms with Gasteiger partial charge in [0.25, 0.3) is 0 Å². The third-order valence-corrected chi connectivity index (χ3v) is 9.45. The van der Waals surface area contributed by atoms with Crippen LogP contribution >= 0.6 is 0 Å². The predicted molar refractivity (Wildman–Crippen MR) is 180 cm³/mol. The fraction of sp³-hybridized carbons (Fsp3) is 0.650. The zero-order valence-corrected chi connectivity index (χ0v) is 28.1. The molecule has 0 fully saturated rings. The van der Waals surface area contributed by atoms with Gasteiger partial charge in [-0.1, -0.05) is 111 Å². The van der Waals surface area contributed by atoms with Crippen molar-refractivity contribution in [1.82, 2.24) is 0 Å². The molecule has 2 aliphatic rings. The molecule has 0 N–H and O–H groups in total. The molecule has 2 aliphatic carbocycles. The zero-order valence-electron chi connectivity index (χ0n) is 28.1. The molecule has 0 amide bonds. The molecule has 2 unspecified atom stereocenters. The summed E-state index contributed by atoms with van der Waals surface area (Å²) in [7, 11) is 0. The second-order valence-electron chi connectivity index (χ2n) is 14.5. The third kappa shape index (κ3) is 11.9. The Balaban J connectivity index is 1.70. The van der Waals surface area contributed by atoms with Gasteiger partial charge < -0.3 is 0 Å². The van der Waals surface area contributed by atoms with Crippen molar-refractivity contribution < 1.29 is 0 Å². The topological polar surface area (TPSA) is 0 Å². The fourth-order valence-electron chi connectivity index (χ4n) is 6.64. The molecule has 2 atom stereocenters. The first-order chi connectivity index (χ1) is 18.8. The van der Waals surface area contributed by atoms with Gasteiger partial charge in [0.1, 0.15) is 0 Å². The molecule has 0 heteroatoms. The standard InChI is InChI=1S/C40H62/c1-31(19-13-21-33(3)25-27-37-35(5)23-15-29-39(37,7)8)17-11-12-18-32(2)20-14-22-34(4)26-28-38-36(6)24-16-30-40(38,9)10/h11-12,18,21,26,28,31,34H,13,15-17,19-20,23-25,27,29-30H2,1-10H3/b12-11+,28-26+,32-18-,33-21+. The summed E-state index contributed by atoms with van der Waals surface area (Å²) in [5, 5.41) is 0. The van der Waals surface area contributed by atoms with Crippen LogP contribution in [0.25, 0.3) is 0 Å². The molecule has 0 saturated carbocycles. The highest BCUT2D eigenvalue weighted by atomic mass is 14.3. The van der Waals surface area contributed by atoms with Gasteiger partial charge in [0.15, 0.2) is 0 Å². The minimum absolute atomic E-state index is 0.292. The molecule has 0 heterocycles. The van der Waals surface area contributed by atoms with Gasteiger partial charge >= 0.3 is 0 Å². The minimum Gasteiger partial charge on any atom is -0.0983 e. The Hall–Kier alpha value is -2.00. The molecule has 0 aromatic rings. The summed E-state index contributed by atoms with van der Waals surface area (Å²) < 4.78 is 0. The van der Waals surface area contributed by atoms with Crippen molar-refractivity contribution in [1.29, 1.82) is 0 Å². The first kappa shape index (κ1) is 34.2. The molecule has 0 radical (unpaired) electrons. The maximum absolute atomic E-state index is 3.44. The lowest BCUT2D eigenvalue weighted by molar-refractivity contribution is 0.354. The van der Waals surface area contributed by atoms with Crippen molar-refractivity contribution in [3.8, 4) is 11.8 Å². The summed E-state index contributed by atoms with van der Waals surface area (Å²) in [4.78, 5) is 0. The van der Waals surface area contributed by atoms with E-state index < -0.39 is 0 Å². The lowest BCUT2D eigenvalue weighted by atomic mass is 9.71. The second-order valence-corrected chi connectivity index (χ2v) is 14.5. The van der Waals surface area contributed by atoms with E-state index in [-0.39, 0.29) is 0 Å². The van der Waals surface area contributed by atoms with Gasteiger partial charge in [0.05, 0.1) is 0 Å². The van der Waals surface area contributed by atoms with E-state index in [0.717, 1.165) is 18.8 Å². The highest BCUT2D eigenvalue weighted by Gasteiger charge is 2.28. The van der Waals surface area contributed by atoms with Gasteiger partial charge in [0.2, 0.25) is 0 Å². The van der Waals surface area contributed by atoms with Gasteiger partial charge in [-0.05, 0) is 128 Å². The van der Waals surface area contributed by atoms with Crippen LogP contribution in [0, 0.1) is 34.5 Å². The first-order valence-electron chi connectivity index (χ1n) is 16.4. The zero-order chi connectivity index (χ0) is 29.8. The van der Waals surface area contributed by atoms with Crippen molar-refractivity contribution in [2.75, 3.05) is 0 Å². The predicted octanol–water partition coefficient (Wildman–Crippen LogP) is 12.7. The molecule has 0 aliphatic heterocycles. The van der Waals surface area contributed by atoms with Gasteiger partial charge in [-0.15, -0.1) is 0 Å². The van der Waals surface area contributed by atoms with Crippen molar-refractivity contribution in [3.63, 3.8) is 0 Å². The molecule has 0 aromatic heterocycles. The summed E-state index contributed by atoms with van der Waals surface area (Å²) in [6.07, 6.45) is 28.8. The second kappa shape index (κ2) is 16.4. The van der Waals surface area contributed by atoms with Crippen LogP contribution < -0.4 is 0 Å². The number of hydrogen-bond acceptors (Lipinski definition) is 0. The summed E-state index contributed by atoms with van der Waals surface area (Å²) in [6.45, 7) is 23.4. The number of hydrogen-bond donors (Lipinski definition) is 0. The van der Waals surface area contributed by atoms with E-state index in [4.69, 9.17) is 0 Å². The van der Waals surface area contributed by atoms with E-state index in [9.17, 15) is 0 Å². The van der Waals surface area contributed by atoms with E-state index in [1.54, 1.807) is 22.3 Å². The number of rotatable bonds is 12. The van der Waals surface area contributed by atoms with Crippen molar-refractivity contribution in [3.05, 3.63) is 69.9 Å². The van der Waals surface area contributed by atoms with Gasteiger partial charge in [-0.3, -0.25) is 0 Å². The Labute approximate surface area is 250 Å². The van der Waals surface area contributed by atoms with E-state index in [0.29, 0.717) is 16.7 Å². The molecule has 0 nitrogen and oxygen atoms in total. The van der Waals surface area contributed by atoms with Crippen LogP contribution in [0.2, 0.25) is 0 Å². The SMILES string of the molecule is CC1=C(/C=C/C(C)C#CC/C(C)=C\C=C\CC(C)CC/C=C(\C)CCC2=C(C)CCCC2(C)C)C(C)(C)CCC1. The van der Waals surface area contributed by atoms with E-state index in [2.05, 4.69) is 118 Å². The summed E-state index contributed by atoms with van der Waals surface area (Å²) in [6, 6.07) is 0. The molecular weight excluding hydrogens is 480 g/mol. The monoisotopic (exact) mass is 542 g/mol. The van der Waals surface area contributed by atoms with Crippen molar-refractivity contribution >= 4 is 0 Å². The summed E-state index contributed by atoms with van der Waals surface area (Å²) in [5.74, 6) is 7.85. The summed E-state index contributed by atoms with van der Waals surface area (Å²) in [5.41, 5.74) is 10.1. The lowest BCUT2D eigenvalue weighted by Gasteiger charge is -2.35. The Morgan fingerprint density at radius 3 is 2.27 bits per heavy atom. The molecule has 0 bridgehead atoms. The molecule has 2 rings (SSSR count). The lowest BCUT2D eigenvalue weighted by Crippen LogP contribution is -2.20. The van der Waals surface area contributed by atoms with E-state index >= 15 is 0 Å². The molecule has 0 saturated heterocycles. The normalized spacial score (nSPS) is 21.6. The fourth-order valence-corrected chi connectivity index (χ4v) is 6.64. The van der Waals surface area contributed by atoms with Crippen molar-refractivity contribution in [2.24, 2.45) is 22.7 Å². The molecule has 0 aromatic carbocycles. The Morgan fingerprint density at radius 2 is 1.60 bits per heavy atom. The Kier molecular flexibility index (Phi) is 14.1. The smallest absolute Gasteiger partial charge is 0.0357 e. The molecule has 222 valence electrons. The maximum atomic E-state index is 3.44. The molecule has 40 heavy (non-hydrogen) atoms. The number of allylic oxidation sites excluding steroid dienone is 12. The third-order valence-electron chi connectivity index (χ3n) is 9.45. The van der Waals surface area contributed by atoms with Crippen molar-refractivity contribution in [2.45, 2.75) is 146 Å². The largest absolute Gasteiger partial charge is 0.0983 e. The Morgan fingerprint density at radius 1 is 0.925 bits per heavy atom. The highest BCUT2D eigenvalue weighted by Crippen LogP contribution is 2.43. The quantitative estimate of drug-likeness (QED) is 0.131. The Bertz CT molecular complexity index is 1060. The van der Waals surface area contributed by atoms with Gasteiger partial charge in [0, 0.05) is 12.3 Å². The van der Waals surface area contributed by atoms with Crippen LogP contribution in [-0.2, 0) is 0 Å². The molecule has 0 spiro atoms. The minimum atomic E-state index is 0.292. The van der Waals surface area contributed by atoms with E-state index in [1.165, 1.54) is 75.4 Å². The first-order valence-corrected chi connectivity index (χ1v) is 16.4. The maximum Gasteiger partial charge on any atom is 0.0357 e. The van der Waals surface area contributed by atoms with Gasteiger partial charge in [-0.25, -0.2) is 0 Å². The van der Waals surface area contributed by atoms with Crippen LogP contribution in [0.15, 0.2) is 69.9 Å². The van der Waals surface area contributed by atoms with E-state index in [1.807, 2.05) is 0 Å². The van der Waals surface area contributed by atoms with Crippen LogP contribution in [0.1, 0.15) is 146 Å². The molecular formula is C40H62. The van der Waals surface area contributed by atoms with Crippen LogP contribution in [0.4, 0.5) is 0 Å². The van der Waals surface area contributed by atoms with Gasteiger partial charge in [-0.2, -0.15) is 0 Å². The highest BCUT2D eigenvalue weighted by molar-refractivity contribution is 5.34. The van der Waals surface area contributed by atoms with Crippen LogP contribution in [0.3, 0.4) is 0 Å². The van der Waals surface area contributed by atoms with Crippen LogP contribution in [-0.4, -0.2) is 0 Å². The summed E-state index contributed by atoms with van der Waals surface area (Å²) >= 11 is 0. The van der Waals surface area contributed by atoms with Crippen LogP contribution in [0.5, 0.6) is 0 Å². The average molecular weight is 543 g/mol.